The van der Waals surface area contributed by atoms with Gasteiger partial charge in [0.15, 0.2) is 0 Å². The molecule has 1 N–H and O–H groups in total. The van der Waals surface area contributed by atoms with Crippen molar-refractivity contribution in [2.45, 2.75) is 6.42 Å². The summed E-state index contributed by atoms with van der Waals surface area (Å²) in [7, 11) is 1.58. The summed E-state index contributed by atoms with van der Waals surface area (Å²) < 4.78 is 10.4. The molecule has 2 rings (SSSR count). The molecule has 0 radical (unpaired) electrons. The van der Waals surface area contributed by atoms with Gasteiger partial charge in [-0.05, 0) is 11.6 Å². The highest BCUT2D eigenvalue weighted by atomic mass is 35.5. The fourth-order valence-electron chi connectivity index (χ4n) is 1.72. The highest BCUT2D eigenvalue weighted by Gasteiger charge is 2.09. The minimum atomic E-state index is -0.230. The maximum absolute atomic E-state index is 12.0. The Labute approximate surface area is 143 Å². The van der Waals surface area contributed by atoms with E-state index < -0.39 is 0 Å². The zero-order valence-electron chi connectivity index (χ0n) is 12.4. The average Bonchev–Trinajstić information content (AvgIpc) is 2.53. The van der Waals surface area contributed by atoms with Gasteiger partial charge in [0.2, 0.25) is 5.91 Å². The molecule has 2 aromatic rings. The van der Waals surface area contributed by atoms with E-state index in [0.29, 0.717) is 35.0 Å². The van der Waals surface area contributed by atoms with E-state index in [0.717, 1.165) is 5.56 Å². The number of hydrogen-bond donors (Lipinski definition) is 1. The Bertz CT molecular complexity index is 666. The van der Waals surface area contributed by atoms with Crippen molar-refractivity contribution >= 4 is 34.9 Å². The molecule has 0 bridgehead atoms. The molecule has 0 aliphatic carbocycles. The van der Waals surface area contributed by atoms with Gasteiger partial charge in [-0.25, -0.2) is 9.97 Å². The Morgan fingerprint density at radius 3 is 2.74 bits per heavy atom. The summed E-state index contributed by atoms with van der Waals surface area (Å²) in [5, 5.41) is 3.43. The molecule has 0 aromatic carbocycles. The van der Waals surface area contributed by atoms with Crippen LogP contribution in [-0.4, -0.2) is 36.2 Å². The first kappa shape index (κ1) is 17.5. The van der Waals surface area contributed by atoms with Gasteiger partial charge in [0.05, 0.1) is 19.2 Å². The number of amides is 1. The van der Waals surface area contributed by atoms with Gasteiger partial charge in [-0.2, -0.15) is 0 Å². The molecule has 0 spiro atoms. The number of carbonyl (C=O) groups is 1. The van der Waals surface area contributed by atoms with Gasteiger partial charge in [0.1, 0.15) is 28.3 Å². The number of ether oxygens (including phenoxy) is 2. The normalized spacial score (nSPS) is 10.4. The largest absolute Gasteiger partial charge is 0.489 e. The summed E-state index contributed by atoms with van der Waals surface area (Å²) >= 11 is 11.7. The molecule has 0 atom stereocenters. The second-order valence-corrected chi connectivity index (χ2v) is 5.35. The van der Waals surface area contributed by atoms with Crippen molar-refractivity contribution in [1.82, 2.24) is 9.97 Å². The summed E-state index contributed by atoms with van der Waals surface area (Å²) in [4.78, 5) is 20.0. The summed E-state index contributed by atoms with van der Waals surface area (Å²) in [5.74, 6) is 0.558. The molecule has 0 saturated heterocycles. The van der Waals surface area contributed by atoms with Crippen molar-refractivity contribution in [3.05, 3.63) is 46.3 Å². The number of nitrogens with zero attached hydrogens (tertiary/aromatic N) is 2. The van der Waals surface area contributed by atoms with E-state index in [1.165, 1.54) is 6.20 Å². The van der Waals surface area contributed by atoms with Crippen molar-refractivity contribution in [2.75, 3.05) is 25.6 Å². The lowest BCUT2D eigenvalue weighted by Gasteiger charge is -2.10. The van der Waals surface area contributed by atoms with Crippen LogP contribution in [0.5, 0.6) is 5.75 Å². The minimum Gasteiger partial charge on any atom is -0.489 e. The number of aromatic nitrogens is 2. The van der Waals surface area contributed by atoms with Crippen molar-refractivity contribution in [1.29, 1.82) is 0 Å². The zero-order valence-corrected chi connectivity index (χ0v) is 13.9. The maximum atomic E-state index is 12.0. The Balaban J connectivity index is 1.97. The summed E-state index contributed by atoms with van der Waals surface area (Å²) in [5.41, 5.74) is 0.748. The first-order valence-corrected chi connectivity index (χ1v) is 7.51. The second-order valence-electron chi connectivity index (χ2n) is 4.56. The number of rotatable bonds is 7. The molecule has 0 aliphatic heterocycles. The quantitative estimate of drug-likeness (QED) is 0.610. The highest BCUT2D eigenvalue weighted by Crippen LogP contribution is 2.25. The Morgan fingerprint density at radius 1 is 1.22 bits per heavy atom. The van der Waals surface area contributed by atoms with Gasteiger partial charge in [0, 0.05) is 19.4 Å². The van der Waals surface area contributed by atoms with E-state index in [1.807, 2.05) is 0 Å². The van der Waals surface area contributed by atoms with Crippen LogP contribution in [0.2, 0.25) is 10.2 Å². The van der Waals surface area contributed by atoms with Crippen molar-refractivity contribution in [3.8, 4) is 5.75 Å². The topological polar surface area (TPSA) is 73.3 Å². The number of carbonyl (C=O) groups excluding carboxylic acids is 1. The molecule has 8 heteroatoms. The molecule has 6 nitrogen and oxygen atoms in total. The molecule has 0 saturated carbocycles. The number of methoxy groups -OCH3 is 1. The Kier molecular flexibility index (Phi) is 6.58. The monoisotopic (exact) mass is 355 g/mol. The van der Waals surface area contributed by atoms with Crippen LogP contribution in [0.1, 0.15) is 5.56 Å². The fraction of sp³-hybridized carbons (Fsp3) is 0.267. The standard InChI is InChI=1S/C15H15Cl2N3O3/c1-22-4-5-23-12-7-14(19-9-11(12)16)20-15(21)6-10-2-3-13(17)18-8-10/h2-3,7-9H,4-6H2,1H3,(H,19,20,21). The van der Waals surface area contributed by atoms with E-state index in [9.17, 15) is 4.79 Å². The number of hydrogen-bond acceptors (Lipinski definition) is 5. The smallest absolute Gasteiger partial charge is 0.230 e. The molecule has 1 amide bonds. The van der Waals surface area contributed by atoms with Crippen LogP contribution >= 0.6 is 23.2 Å². The molecule has 0 aliphatic rings. The molecule has 2 aromatic heterocycles. The first-order chi connectivity index (χ1) is 11.1. The first-order valence-electron chi connectivity index (χ1n) is 6.76. The zero-order chi connectivity index (χ0) is 16.7. The van der Waals surface area contributed by atoms with Gasteiger partial charge >= 0.3 is 0 Å². The molecule has 0 fully saturated rings. The predicted molar refractivity (Wildman–Crippen MR) is 88.2 cm³/mol. The van der Waals surface area contributed by atoms with Gasteiger partial charge in [0.25, 0.3) is 0 Å². The van der Waals surface area contributed by atoms with E-state index in [2.05, 4.69) is 15.3 Å². The van der Waals surface area contributed by atoms with E-state index in [-0.39, 0.29) is 12.3 Å². The van der Waals surface area contributed by atoms with Crippen LogP contribution in [0.25, 0.3) is 0 Å². The lowest BCUT2D eigenvalue weighted by Crippen LogP contribution is -2.15. The van der Waals surface area contributed by atoms with Crippen molar-refractivity contribution in [2.24, 2.45) is 0 Å². The van der Waals surface area contributed by atoms with Crippen LogP contribution in [0.15, 0.2) is 30.6 Å². The van der Waals surface area contributed by atoms with Crippen molar-refractivity contribution < 1.29 is 14.3 Å². The molecular formula is C15H15Cl2N3O3. The van der Waals surface area contributed by atoms with Crippen LogP contribution in [0, 0.1) is 0 Å². The van der Waals surface area contributed by atoms with Gasteiger partial charge < -0.3 is 14.8 Å². The molecular weight excluding hydrogens is 341 g/mol. The third-order valence-corrected chi connectivity index (χ3v) is 3.29. The third-order valence-electron chi connectivity index (χ3n) is 2.79. The Hall–Kier alpha value is -1.89. The summed E-state index contributed by atoms with van der Waals surface area (Å²) in [6.45, 7) is 0.786. The van der Waals surface area contributed by atoms with Crippen LogP contribution in [0.4, 0.5) is 5.82 Å². The average molecular weight is 356 g/mol. The lowest BCUT2D eigenvalue weighted by molar-refractivity contribution is -0.115. The van der Waals surface area contributed by atoms with Crippen LogP contribution in [0.3, 0.4) is 0 Å². The van der Waals surface area contributed by atoms with Crippen LogP contribution in [-0.2, 0) is 16.0 Å². The van der Waals surface area contributed by atoms with Crippen molar-refractivity contribution in [3.63, 3.8) is 0 Å². The molecule has 122 valence electrons. The lowest BCUT2D eigenvalue weighted by atomic mass is 10.2. The minimum absolute atomic E-state index is 0.161. The molecule has 2 heterocycles. The van der Waals surface area contributed by atoms with E-state index in [1.54, 1.807) is 31.5 Å². The number of pyridine rings is 2. The van der Waals surface area contributed by atoms with Gasteiger partial charge in [-0.1, -0.05) is 29.3 Å². The molecule has 0 unspecified atom stereocenters. The molecule has 23 heavy (non-hydrogen) atoms. The predicted octanol–water partition coefficient (Wildman–Crippen LogP) is 2.99. The second kappa shape index (κ2) is 8.67. The van der Waals surface area contributed by atoms with Crippen LogP contribution < -0.4 is 10.1 Å². The number of anilines is 1. The Morgan fingerprint density at radius 2 is 2.04 bits per heavy atom. The highest BCUT2D eigenvalue weighted by molar-refractivity contribution is 6.32. The van der Waals surface area contributed by atoms with Gasteiger partial charge in [-0.3, -0.25) is 4.79 Å². The SMILES string of the molecule is COCCOc1cc(NC(=O)Cc2ccc(Cl)nc2)ncc1Cl. The third kappa shape index (κ3) is 5.67. The van der Waals surface area contributed by atoms with Gasteiger partial charge in [-0.15, -0.1) is 0 Å². The summed E-state index contributed by atoms with van der Waals surface area (Å²) in [6.07, 6.45) is 3.13. The number of nitrogens with one attached hydrogen (secondary N) is 1. The van der Waals surface area contributed by atoms with E-state index in [4.69, 9.17) is 32.7 Å². The van der Waals surface area contributed by atoms with E-state index >= 15 is 0 Å². The maximum Gasteiger partial charge on any atom is 0.230 e. The fourth-order valence-corrected chi connectivity index (χ4v) is 1.99. The number of halogens is 2. The summed E-state index contributed by atoms with van der Waals surface area (Å²) in [6, 6.07) is 4.94.